The zero-order chi connectivity index (χ0) is 20.9. The minimum atomic E-state index is -3.32. The fourth-order valence-corrected chi connectivity index (χ4v) is 5.14. The molecule has 0 bridgehead atoms. The Hall–Kier alpha value is -2.39. The smallest absolute Gasteiger partial charge is 0.256 e. The average Bonchev–Trinajstić information content (AvgIpc) is 3.02. The molecular formula is C20H27N5O3S. The number of carbonyl (C=O) groups is 1. The van der Waals surface area contributed by atoms with Gasteiger partial charge in [0.1, 0.15) is 5.82 Å². The molecule has 29 heavy (non-hydrogen) atoms. The summed E-state index contributed by atoms with van der Waals surface area (Å²) in [7, 11) is -3.32. The van der Waals surface area contributed by atoms with Crippen molar-refractivity contribution in [2.24, 2.45) is 0 Å². The summed E-state index contributed by atoms with van der Waals surface area (Å²) in [4.78, 5) is 13.5. The van der Waals surface area contributed by atoms with Crippen molar-refractivity contribution in [2.45, 2.75) is 45.6 Å². The van der Waals surface area contributed by atoms with Crippen LogP contribution in [0.3, 0.4) is 0 Å². The molecule has 1 aromatic carbocycles. The number of anilines is 2. The molecule has 8 nitrogen and oxygen atoms in total. The second-order valence-electron chi connectivity index (χ2n) is 7.91. The van der Waals surface area contributed by atoms with Crippen LogP contribution in [0, 0.1) is 6.92 Å². The third kappa shape index (κ3) is 3.42. The second kappa shape index (κ2) is 7.14. The molecule has 9 heteroatoms. The van der Waals surface area contributed by atoms with Gasteiger partial charge in [0.25, 0.3) is 5.91 Å². The van der Waals surface area contributed by atoms with Gasteiger partial charge in [-0.15, -0.1) is 0 Å². The Morgan fingerprint density at radius 1 is 1.38 bits per heavy atom. The summed E-state index contributed by atoms with van der Waals surface area (Å²) in [5.74, 6) is -0.147. The molecule has 3 heterocycles. The number of hydrogen-bond acceptors (Lipinski definition) is 6. The molecule has 0 saturated heterocycles. The fourth-order valence-electron chi connectivity index (χ4n) is 4.36. The van der Waals surface area contributed by atoms with E-state index in [0.717, 1.165) is 28.8 Å². The van der Waals surface area contributed by atoms with Gasteiger partial charge >= 0.3 is 0 Å². The van der Waals surface area contributed by atoms with Crippen LogP contribution in [0.5, 0.6) is 0 Å². The van der Waals surface area contributed by atoms with E-state index in [0.29, 0.717) is 37.4 Å². The van der Waals surface area contributed by atoms with Crippen molar-refractivity contribution in [1.82, 2.24) is 14.1 Å². The van der Waals surface area contributed by atoms with Gasteiger partial charge in [-0.2, -0.15) is 14.1 Å². The Bertz CT molecular complexity index is 1090. The number of hydrogen-bond donors (Lipinski definition) is 2. The third-order valence-corrected chi connectivity index (χ3v) is 7.21. The molecule has 0 aliphatic carbocycles. The number of benzene rings is 1. The van der Waals surface area contributed by atoms with E-state index in [2.05, 4.69) is 36.4 Å². The number of nitrogens with zero attached hydrogens (tertiary/aromatic N) is 3. The summed E-state index contributed by atoms with van der Waals surface area (Å²) in [6, 6.07) is 4.25. The zero-order valence-corrected chi connectivity index (χ0v) is 17.8. The van der Waals surface area contributed by atoms with Crippen LogP contribution < -0.4 is 11.1 Å². The number of sulfonamides is 1. The standard InChI is InChI=1S/C20H27N5O3S/c1-4-13-9-12(2)18-16(10-13)14(5-7-22-18)20(26)25-19(21)15-6-8-24(29(3,27)28)11-17(15)23-25/h9-10,14,22H,4-8,11,21H2,1-3H3. The normalized spacial score (nSPS) is 19.3. The SMILES string of the molecule is CCc1cc(C)c2c(c1)C(C(=O)n1nc3c(c1N)CCN(S(C)(=O)=O)C3)CCN2. The molecule has 4 rings (SSSR count). The highest BCUT2D eigenvalue weighted by Gasteiger charge is 2.34. The van der Waals surface area contributed by atoms with Crippen LogP contribution in [0.25, 0.3) is 0 Å². The van der Waals surface area contributed by atoms with Crippen molar-refractivity contribution >= 4 is 27.4 Å². The van der Waals surface area contributed by atoms with E-state index in [1.807, 2.05) is 0 Å². The van der Waals surface area contributed by atoms with Crippen LogP contribution in [0.4, 0.5) is 11.5 Å². The molecule has 0 fully saturated rings. The molecule has 0 spiro atoms. The fraction of sp³-hybridized carbons (Fsp3) is 0.500. The largest absolute Gasteiger partial charge is 0.385 e. The van der Waals surface area contributed by atoms with Crippen molar-refractivity contribution in [1.29, 1.82) is 0 Å². The number of nitrogens with two attached hydrogens (primary N) is 1. The summed E-state index contributed by atoms with van der Waals surface area (Å²) in [6.07, 6.45) is 3.21. The van der Waals surface area contributed by atoms with Crippen LogP contribution in [-0.4, -0.2) is 47.8 Å². The van der Waals surface area contributed by atoms with Crippen LogP contribution in [0.15, 0.2) is 12.1 Å². The number of nitrogen functional groups attached to an aromatic ring is 1. The molecule has 3 N–H and O–H groups in total. The molecular weight excluding hydrogens is 390 g/mol. The first-order valence-electron chi connectivity index (χ1n) is 9.93. The molecule has 0 saturated carbocycles. The Labute approximate surface area is 171 Å². The predicted octanol–water partition coefficient (Wildman–Crippen LogP) is 1.89. The summed E-state index contributed by atoms with van der Waals surface area (Å²) >= 11 is 0. The maximum absolute atomic E-state index is 13.5. The van der Waals surface area contributed by atoms with E-state index in [1.165, 1.54) is 20.8 Å². The lowest BCUT2D eigenvalue weighted by Crippen LogP contribution is -2.35. The summed E-state index contributed by atoms with van der Waals surface area (Å²) in [5, 5.41) is 7.86. The third-order valence-electron chi connectivity index (χ3n) is 5.96. The van der Waals surface area contributed by atoms with Gasteiger partial charge in [-0.05, 0) is 42.9 Å². The molecule has 2 aliphatic rings. The van der Waals surface area contributed by atoms with Crippen LogP contribution in [0.1, 0.15) is 52.0 Å². The topological polar surface area (TPSA) is 110 Å². The molecule has 0 amide bonds. The maximum atomic E-state index is 13.5. The lowest BCUT2D eigenvalue weighted by atomic mass is 9.86. The van der Waals surface area contributed by atoms with Crippen LogP contribution in [-0.2, 0) is 29.4 Å². The molecule has 0 radical (unpaired) electrons. The minimum Gasteiger partial charge on any atom is -0.385 e. The monoisotopic (exact) mass is 417 g/mol. The number of nitrogens with one attached hydrogen (secondary N) is 1. The zero-order valence-electron chi connectivity index (χ0n) is 17.0. The van der Waals surface area contributed by atoms with E-state index in [1.54, 1.807) is 0 Å². The summed E-state index contributed by atoms with van der Waals surface area (Å²) in [5.41, 5.74) is 12.0. The van der Waals surface area contributed by atoms with E-state index in [-0.39, 0.29) is 18.4 Å². The van der Waals surface area contributed by atoms with Crippen molar-refractivity contribution in [2.75, 3.05) is 30.4 Å². The molecule has 156 valence electrons. The number of aromatic nitrogens is 2. The predicted molar refractivity (Wildman–Crippen MR) is 113 cm³/mol. The van der Waals surface area contributed by atoms with E-state index < -0.39 is 10.0 Å². The van der Waals surface area contributed by atoms with E-state index >= 15 is 0 Å². The van der Waals surface area contributed by atoms with Gasteiger partial charge in [0.05, 0.1) is 24.4 Å². The van der Waals surface area contributed by atoms with Crippen molar-refractivity contribution in [3.63, 3.8) is 0 Å². The number of aryl methyl sites for hydroxylation is 2. The highest BCUT2D eigenvalue weighted by molar-refractivity contribution is 7.88. The Morgan fingerprint density at radius 2 is 2.14 bits per heavy atom. The molecule has 2 aliphatic heterocycles. The van der Waals surface area contributed by atoms with Gasteiger partial charge in [-0.3, -0.25) is 4.79 Å². The molecule has 1 unspecified atom stereocenters. The number of rotatable bonds is 3. The second-order valence-corrected chi connectivity index (χ2v) is 9.89. The minimum absolute atomic E-state index is 0.153. The quantitative estimate of drug-likeness (QED) is 0.789. The highest BCUT2D eigenvalue weighted by atomic mass is 32.2. The first kappa shape index (κ1) is 19.9. The Morgan fingerprint density at radius 3 is 2.83 bits per heavy atom. The van der Waals surface area contributed by atoms with Gasteiger partial charge in [-0.25, -0.2) is 8.42 Å². The van der Waals surface area contributed by atoms with Crippen LogP contribution in [0.2, 0.25) is 0 Å². The summed E-state index contributed by atoms with van der Waals surface area (Å²) in [6.45, 7) is 5.37. The maximum Gasteiger partial charge on any atom is 0.256 e. The van der Waals surface area contributed by atoms with Gasteiger partial charge in [0, 0.05) is 24.3 Å². The van der Waals surface area contributed by atoms with Crippen LogP contribution >= 0.6 is 0 Å². The molecule has 1 atom stereocenters. The lowest BCUT2D eigenvalue weighted by Gasteiger charge is -2.28. The molecule has 1 aromatic heterocycles. The van der Waals surface area contributed by atoms with Gasteiger partial charge in [-0.1, -0.05) is 19.1 Å². The molecule has 2 aromatic rings. The Balaban J connectivity index is 1.71. The van der Waals surface area contributed by atoms with Crippen molar-refractivity contribution < 1.29 is 13.2 Å². The van der Waals surface area contributed by atoms with Gasteiger partial charge < -0.3 is 11.1 Å². The number of fused-ring (bicyclic) bond motifs is 2. The van der Waals surface area contributed by atoms with Gasteiger partial charge in [0.2, 0.25) is 10.0 Å². The van der Waals surface area contributed by atoms with E-state index in [4.69, 9.17) is 5.73 Å². The summed E-state index contributed by atoms with van der Waals surface area (Å²) < 4.78 is 26.4. The van der Waals surface area contributed by atoms with Crippen molar-refractivity contribution in [3.8, 4) is 0 Å². The average molecular weight is 418 g/mol. The lowest BCUT2D eigenvalue weighted by molar-refractivity contribution is 0.0859. The van der Waals surface area contributed by atoms with E-state index in [9.17, 15) is 13.2 Å². The van der Waals surface area contributed by atoms with Gasteiger partial charge in [0.15, 0.2) is 0 Å². The first-order chi connectivity index (χ1) is 13.7. The number of carbonyl (C=O) groups excluding carboxylic acids is 1. The highest BCUT2D eigenvalue weighted by Crippen LogP contribution is 2.37. The van der Waals surface area contributed by atoms with Crippen molar-refractivity contribution in [3.05, 3.63) is 40.1 Å². The Kier molecular flexibility index (Phi) is 4.90. The first-order valence-corrected chi connectivity index (χ1v) is 11.8.